The topological polar surface area (TPSA) is 15.3 Å². The molecule has 0 saturated carbocycles. The third kappa shape index (κ3) is 4.66. The van der Waals surface area contributed by atoms with Crippen molar-refractivity contribution in [3.63, 3.8) is 0 Å². The average molecular weight is 255 g/mol. The predicted molar refractivity (Wildman–Crippen MR) is 75.5 cm³/mol. The molecule has 17 heavy (non-hydrogen) atoms. The lowest BCUT2D eigenvalue weighted by Gasteiger charge is -2.29. The number of benzene rings is 1. The van der Waals surface area contributed by atoms with E-state index >= 15 is 0 Å². The fourth-order valence-corrected chi connectivity index (χ4v) is 2.21. The van der Waals surface area contributed by atoms with Gasteiger partial charge in [-0.15, -0.1) is 0 Å². The Morgan fingerprint density at radius 1 is 1.35 bits per heavy atom. The van der Waals surface area contributed by atoms with Crippen molar-refractivity contribution >= 4 is 11.6 Å². The zero-order valence-electron chi connectivity index (χ0n) is 11.2. The molecule has 0 spiro atoms. The zero-order chi connectivity index (χ0) is 12.8. The molecule has 0 aliphatic rings. The van der Waals surface area contributed by atoms with Gasteiger partial charge in [-0.1, -0.05) is 30.7 Å². The Bertz CT molecular complexity index is 341. The van der Waals surface area contributed by atoms with E-state index in [0.717, 1.165) is 18.1 Å². The zero-order valence-corrected chi connectivity index (χ0v) is 12.0. The van der Waals surface area contributed by atoms with Crippen LogP contribution in [0, 0.1) is 5.92 Å². The lowest BCUT2D eigenvalue weighted by molar-refractivity contribution is 0.190. The van der Waals surface area contributed by atoms with E-state index < -0.39 is 0 Å². The summed E-state index contributed by atoms with van der Waals surface area (Å²) in [5.41, 5.74) is 1.27. The van der Waals surface area contributed by atoms with Crippen LogP contribution in [0.2, 0.25) is 5.02 Å². The van der Waals surface area contributed by atoms with E-state index in [1.807, 2.05) is 25.2 Å². The number of halogens is 1. The Morgan fingerprint density at radius 3 is 2.65 bits per heavy atom. The van der Waals surface area contributed by atoms with Crippen LogP contribution in [0.25, 0.3) is 0 Å². The van der Waals surface area contributed by atoms with E-state index in [9.17, 15) is 0 Å². The smallest absolute Gasteiger partial charge is 0.0409 e. The number of hydrogen-bond donors (Lipinski definition) is 1. The summed E-state index contributed by atoms with van der Waals surface area (Å²) in [6.45, 7) is 6.53. The summed E-state index contributed by atoms with van der Waals surface area (Å²) in [4.78, 5) is 2.37. The monoisotopic (exact) mass is 254 g/mol. The molecule has 0 radical (unpaired) electrons. The number of rotatable bonds is 6. The van der Waals surface area contributed by atoms with Gasteiger partial charge in [-0.2, -0.15) is 0 Å². The van der Waals surface area contributed by atoms with Gasteiger partial charge in [0.05, 0.1) is 0 Å². The Labute approximate surface area is 110 Å². The van der Waals surface area contributed by atoms with Gasteiger partial charge in [0.1, 0.15) is 0 Å². The van der Waals surface area contributed by atoms with Crippen LogP contribution in [0.1, 0.15) is 19.4 Å². The summed E-state index contributed by atoms with van der Waals surface area (Å²) in [6, 6.07) is 8.62. The molecule has 0 aliphatic carbocycles. The first-order chi connectivity index (χ1) is 8.04. The molecular formula is C14H23ClN2. The molecule has 0 amide bonds. The van der Waals surface area contributed by atoms with Crippen LogP contribution < -0.4 is 5.32 Å². The van der Waals surface area contributed by atoms with Crippen molar-refractivity contribution in [2.45, 2.75) is 26.4 Å². The Hall–Kier alpha value is -0.570. The summed E-state index contributed by atoms with van der Waals surface area (Å²) in [5.74, 6) is 0.629. The molecule has 1 aromatic carbocycles. The van der Waals surface area contributed by atoms with Gasteiger partial charge in [-0.05, 0) is 51.2 Å². The van der Waals surface area contributed by atoms with Gasteiger partial charge in [0, 0.05) is 17.6 Å². The highest BCUT2D eigenvalue weighted by Crippen LogP contribution is 2.15. The van der Waals surface area contributed by atoms with Crippen LogP contribution >= 0.6 is 11.6 Å². The normalized spacial score (nSPS) is 14.9. The SMILES string of the molecule is CNCC(C)C(C)N(C)Cc1cccc(Cl)c1. The Morgan fingerprint density at radius 2 is 2.06 bits per heavy atom. The summed E-state index contributed by atoms with van der Waals surface area (Å²) in [6.07, 6.45) is 0. The molecule has 0 fully saturated rings. The number of hydrogen-bond acceptors (Lipinski definition) is 2. The summed E-state index contributed by atoms with van der Waals surface area (Å²) in [7, 11) is 4.16. The Balaban J connectivity index is 2.56. The van der Waals surface area contributed by atoms with Gasteiger partial charge >= 0.3 is 0 Å². The minimum atomic E-state index is 0.543. The number of nitrogens with zero attached hydrogens (tertiary/aromatic N) is 1. The third-order valence-corrected chi connectivity index (χ3v) is 3.60. The molecule has 1 rings (SSSR count). The summed E-state index contributed by atoms with van der Waals surface area (Å²) >= 11 is 5.99. The van der Waals surface area contributed by atoms with Gasteiger partial charge in [0.25, 0.3) is 0 Å². The molecule has 2 atom stereocenters. The maximum atomic E-state index is 5.99. The predicted octanol–water partition coefficient (Wildman–Crippen LogP) is 3.02. The van der Waals surface area contributed by atoms with Crippen molar-refractivity contribution in [2.75, 3.05) is 20.6 Å². The van der Waals surface area contributed by atoms with Crippen molar-refractivity contribution in [3.8, 4) is 0 Å². The molecule has 1 N–H and O–H groups in total. The van der Waals surface area contributed by atoms with E-state index in [-0.39, 0.29) is 0 Å². The fraction of sp³-hybridized carbons (Fsp3) is 0.571. The first kappa shape index (κ1) is 14.5. The van der Waals surface area contributed by atoms with E-state index in [4.69, 9.17) is 11.6 Å². The second-order valence-corrected chi connectivity index (χ2v) is 5.26. The van der Waals surface area contributed by atoms with Crippen LogP contribution in [-0.4, -0.2) is 31.6 Å². The molecule has 0 heterocycles. The molecule has 0 saturated heterocycles. The van der Waals surface area contributed by atoms with Gasteiger partial charge < -0.3 is 5.32 Å². The van der Waals surface area contributed by atoms with Crippen molar-refractivity contribution in [3.05, 3.63) is 34.9 Å². The van der Waals surface area contributed by atoms with E-state index in [1.54, 1.807) is 0 Å². The van der Waals surface area contributed by atoms with Crippen LogP contribution in [0.3, 0.4) is 0 Å². The van der Waals surface area contributed by atoms with Crippen LogP contribution in [-0.2, 0) is 6.54 Å². The first-order valence-corrected chi connectivity index (χ1v) is 6.51. The molecule has 0 aliphatic heterocycles. The van der Waals surface area contributed by atoms with Crippen molar-refractivity contribution in [2.24, 2.45) is 5.92 Å². The largest absolute Gasteiger partial charge is 0.319 e. The quantitative estimate of drug-likeness (QED) is 0.840. The van der Waals surface area contributed by atoms with Crippen molar-refractivity contribution in [1.82, 2.24) is 10.2 Å². The highest BCUT2D eigenvalue weighted by molar-refractivity contribution is 6.30. The van der Waals surface area contributed by atoms with Gasteiger partial charge in [0.15, 0.2) is 0 Å². The van der Waals surface area contributed by atoms with E-state index in [0.29, 0.717) is 12.0 Å². The maximum absolute atomic E-state index is 5.99. The van der Waals surface area contributed by atoms with Gasteiger partial charge in [-0.25, -0.2) is 0 Å². The number of nitrogens with one attached hydrogen (secondary N) is 1. The van der Waals surface area contributed by atoms with Crippen LogP contribution in [0.4, 0.5) is 0 Å². The van der Waals surface area contributed by atoms with Crippen LogP contribution in [0.5, 0.6) is 0 Å². The minimum Gasteiger partial charge on any atom is -0.319 e. The highest BCUT2D eigenvalue weighted by Gasteiger charge is 2.16. The van der Waals surface area contributed by atoms with Crippen LogP contribution in [0.15, 0.2) is 24.3 Å². The standard InChI is InChI=1S/C14H23ClN2/c1-11(9-16-3)12(2)17(4)10-13-6-5-7-14(15)8-13/h5-8,11-12,16H,9-10H2,1-4H3. The van der Waals surface area contributed by atoms with Gasteiger partial charge in [0.2, 0.25) is 0 Å². The summed E-state index contributed by atoms with van der Waals surface area (Å²) < 4.78 is 0. The molecular weight excluding hydrogens is 232 g/mol. The fourth-order valence-electron chi connectivity index (χ4n) is 1.99. The molecule has 96 valence electrons. The minimum absolute atomic E-state index is 0.543. The second kappa shape index (κ2) is 7.00. The average Bonchev–Trinajstić information content (AvgIpc) is 2.28. The Kier molecular flexibility index (Phi) is 5.96. The lowest BCUT2D eigenvalue weighted by atomic mass is 10.0. The van der Waals surface area contributed by atoms with Crippen molar-refractivity contribution in [1.29, 1.82) is 0 Å². The molecule has 0 aromatic heterocycles. The molecule has 0 bridgehead atoms. The highest BCUT2D eigenvalue weighted by atomic mass is 35.5. The van der Waals surface area contributed by atoms with Gasteiger partial charge in [-0.3, -0.25) is 4.90 Å². The molecule has 2 unspecified atom stereocenters. The van der Waals surface area contributed by atoms with E-state index in [1.165, 1.54) is 5.56 Å². The van der Waals surface area contributed by atoms with E-state index in [2.05, 4.69) is 37.2 Å². The van der Waals surface area contributed by atoms with Crippen molar-refractivity contribution < 1.29 is 0 Å². The summed E-state index contributed by atoms with van der Waals surface area (Å²) in [5, 5.41) is 4.04. The lowest BCUT2D eigenvalue weighted by Crippen LogP contribution is -2.37. The molecule has 3 heteroatoms. The third-order valence-electron chi connectivity index (χ3n) is 3.37. The molecule has 1 aromatic rings. The first-order valence-electron chi connectivity index (χ1n) is 6.14. The second-order valence-electron chi connectivity index (χ2n) is 4.82. The molecule has 2 nitrogen and oxygen atoms in total. The maximum Gasteiger partial charge on any atom is 0.0409 e.